The summed E-state index contributed by atoms with van der Waals surface area (Å²) in [7, 11) is 0. The molecule has 2 aromatic rings. The van der Waals surface area contributed by atoms with Crippen LogP contribution in [-0.4, -0.2) is 16.5 Å². The van der Waals surface area contributed by atoms with E-state index in [1.807, 2.05) is 31.3 Å². The molecular formula is C15H17N3S. The monoisotopic (exact) mass is 271 g/mol. The molecule has 0 spiro atoms. The van der Waals surface area contributed by atoms with E-state index in [1.54, 1.807) is 6.20 Å². The molecule has 1 heterocycles. The molecule has 0 saturated carbocycles. The highest BCUT2D eigenvalue weighted by atomic mass is 32.1. The Morgan fingerprint density at radius 2 is 2.21 bits per heavy atom. The number of nitrogens with two attached hydrogens (primary N) is 1. The maximum absolute atomic E-state index is 5.64. The van der Waals surface area contributed by atoms with Crippen molar-refractivity contribution in [1.29, 1.82) is 0 Å². The molecule has 0 amide bonds. The van der Waals surface area contributed by atoms with Gasteiger partial charge in [0.05, 0.1) is 0 Å². The van der Waals surface area contributed by atoms with Crippen molar-refractivity contribution in [2.75, 3.05) is 11.9 Å². The number of rotatable bonds is 5. The molecule has 0 saturated heterocycles. The smallest absolute Gasteiger partial charge is 0.104 e. The van der Waals surface area contributed by atoms with Crippen molar-refractivity contribution < 1.29 is 0 Å². The number of nitrogens with one attached hydrogen (secondary N) is 1. The van der Waals surface area contributed by atoms with Gasteiger partial charge in [-0.25, -0.2) is 0 Å². The van der Waals surface area contributed by atoms with Crippen LogP contribution < -0.4 is 11.1 Å². The summed E-state index contributed by atoms with van der Waals surface area (Å²) in [6.45, 7) is 2.89. The number of anilines is 1. The fourth-order valence-corrected chi connectivity index (χ4v) is 2.18. The number of hydrogen-bond acceptors (Lipinski definition) is 3. The van der Waals surface area contributed by atoms with Crippen LogP contribution in [0.25, 0.3) is 0 Å². The van der Waals surface area contributed by atoms with Crippen LogP contribution >= 0.6 is 12.2 Å². The van der Waals surface area contributed by atoms with Gasteiger partial charge >= 0.3 is 0 Å². The highest BCUT2D eigenvalue weighted by Crippen LogP contribution is 2.15. The van der Waals surface area contributed by atoms with Gasteiger partial charge in [0.1, 0.15) is 4.99 Å². The van der Waals surface area contributed by atoms with E-state index in [9.17, 15) is 0 Å². The molecule has 1 aromatic heterocycles. The highest BCUT2D eigenvalue weighted by molar-refractivity contribution is 7.80. The fraction of sp³-hybridized carbons (Fsp3) is 0.200. The molecule has 2 rings (SSSR count). The molecule has 3 nitrogen and oxygen atoms in total. The van der Waals surface area contributed by atoms with Crippen molar-refractivity contribution in [1.82, 2.24) is 4.98 Å². The topological polar surface area (TPSA) is 50.9 Å². The molecule has 0 unspecified atom stereocenters. The van der Waals surface area contributed by atoms with Gasteiger partial charge in [-0.15, -0.1) is 0 Å². The Kier molecular flexibility index (Phi) is 4.47. The van der Waals surface area contributed by atoms with Gasteiger partial charge < -0.3 is 11.1 Å². The Balaban J connectivity index is 1.93. The zero-order valence-electron chi connectivity index (χ0n) is 10.9. The zero-order valence-corrected chi connectivity index (χ0v) is 11.7. The van der Waals surface area contributed by atoms with Gasteiger partial charge in [0.25, 0.3) is 0 Å². The van der Waals surface area contributed by atoms with Gasteiger partial charge in [-0.2, -0.15) is 0 Å². The number of thiocarbonyl (C=S) groups is 1. The Morgan fingerprint density at radius 1 is 1.37 bits per heavy atom. The maximum atomic E-state index is 5.64. The van der Waals surface area contributed by atoms with Crippen molar-refractivity contribution in [2.45, 2.75) is 13.3 Å². The number of nitrogens with zero attached hydrogens (tertiary/aromatic N) is 1. The summed E-state index contributed by atoms with van der Waals surface area (Å²) in [4.78, 5) is 4.54. The second-order valence-electron chi connectivity index (χ2n) is 4.43. The van der Waals surface area contributed by atoms with E-state index in [0.717, 1.165) is 29.8 Å². The van der Waals surface area contributed by atoms with Crippen LogP contribution in [0.15, 0.2) is 42.7 Å². The summed E-state index contributed by atoms with van der Waals surface area (Å²) in [5.74, 6) is 0. The third kappa shape index (κ3) is 3.76. The average molecular weight is 271 g/mol. The zero-order chi connectivity index (χ0) is 13.7. The van der Waals surface area contributed by atoms with E-state index < -0.39 is 0 Å². The molecule has 0 aliphatic heterocycles. The van der Waals surface area contributed by atoms with Crippen molar-refractivity contribution in [2.24, 2.45) is 5.73 Å². The van der Waals surface area contributed by atoms with E-state index in [-0.39, 0.29) is 0 Å². The Hall–Kier alpha value is -1.94. The average Bonchev–Trinajstić information content (AvgIpc) is 2.39. The lowest BCUT2D eigenvalue weighted by Gasteiger charge is -2.09. The van der Waals surface area contributed by atoms with Gasteiger partial charge in [-0.3, -0.25) is 4.98 Å². The van der Waals surface area contributed by atoms with Gasteiger partial charge in [0.2, 0.25) is 0 Å². The summed E-state index contributed by atoms with van der Waals surface area (Å²) < 4.78 is 0. The minimum Gasteiger partial charge on any atom is -0.389 e. The first-order chi connectivity index (χ1) is 9.16. The molecule has 4 heteroatoms. The summed E-state index contributed by atoms with van der Waals surface area (Å²) in [6.07, 6.45) is 4.63. The quantitative estimate of drug-likeness (QED) is 0.821. The number of hydrogen-bond donors (Lipinski definition) is 2. The van der Waals surface area contributed by atoms with Crippen LogP contribution in [0.4, 0.5) is 5.69 Å². The standard InChI is InChI=1S/C15H17N3S/c1-11-9-13(4-5-14(11)15(16)19)18-8-6-12-3-2-7-17-10-12/h2-5,7,9-10,18H,6,8H2,1H3,(H2,16,19). The van der Waals surface area contributed by atoms with Crippen molar-refractivity contribution in [3.8, 4) is 0 Å². The predicted molar refractivity (Wildman–Crippen MR) is 83.5 cm³/mol. The lowest BCUT2D eigenvalue weighted by molar-refractivity contribution is 1.00. The molecule has 1 aromatic carbocycles. The molecule has 3 N–H and O–H groups in total. The number of aryl methyl sites for hydroxylation is 1. The van der Waals surface area contributed by atoms with E-state index >= 15 is 0 Å². The summed E-state index contributed by atoms with van der Waals surface area (Å²) in [5, 5.41) is 3.39. The van der Waals surface area contributed by atoms with Crippen LogP contribution in [0.5, 0.6) is 0 Å². The number of pyridine rings is 1. The second-order valence-corrected chi connectivity index (χ2v) is 4.87. The molecule has 0 bridgehead atoms. The van der Waals surface area contributed by atoms with Crippen LogP contribution in [0.1, 0.15) is 16.7 Å². The first kappa shape index (κ1) is 13.5. The third-order valence-corrected chi connectivity index (χ3v) is 3.18. The van der Waals surface area contributed by atoms with Gasteiger partial charge in [0.15, 0.2) is 0 Å². The minimum atomic E-state index is 0.444. The Labute approximate surface area is 118 Å². The normalized spacial score (nSPS) is 10.2. The first-order valence-corrected chi connectivity index (χ1v) is 6.61. The lowest BCUT2D eigenvalue weighted by Crippen LogP contribution is -2.12. The largest absolute Gasteiger partial charge is 0.389 e. The van der Waals surface area contributed by atoms with Crippen molar-refractivity contribution in [3.05, 3.63) is 59.4 Å². The van der Waals surface area contributed by atoms with Crippen LogP contribution in [0.3, 0.4) is 0 Å². The number of benzene rings is 1. The minimum absolute atomic E-state index is 0.444. The molecule has 0 fully saturated rings. The number of aromatic nitrogens is 1. The van der Waals surface area contributed by atoms with Crippen LogP contribution in [0, 0.1) is 6.92 Å². The van der Waals surface area contributed by atoms with Gasteiger partial charge in [-0.1, -0.05) is 18.3 Å². The third-order valence-electron chi connectivity index (χ3n) is 2.96. The SMILES string of the molecule is Cc1cc(NCCc2cccnc2)ccc1C(N)=S. The lowest BCUT2D eigenvalue weighted by atomic mass is 10.1. The summed E-state index contributed by atoms with van der Waals surface area (Å²) in [5.41, 5.74) is 9.99. The molecule has 98 valence electrons. The summed E-state index contributed by atoms with van der Waals surface area (Å²) >= 11 is 4.99. The van der Waals surface area contributed by atoms with E-state index in [2.05, 4.69) is 22.4 Å². The van der Waals surface area contributed by atoms with Gasteiger partial charge in [0, 0.05) is 30.2 Å². The van der Waals surface area contributed by atoms with Crippen molar-refractivity contribution in [3.63, 3.8) is 0 Å². The van der Waals surface area contributed by atoms with Crippen LogP contribution in [-0.2, 0) is 6.42 Å². The molecule has 19 heavy (non-hydrogen) atoms. The molecule has 0 radical (unpaired) electrons. The molecule has 0 atom stereocenters. The van der Waals surface area contributed by atoms with Gasteiger partial charge in [-0.05, 0) is 48.7 Å². The first-order valence-electron chi connectivity index (χ1n) is 6.20. The van der Waals surface area contributed by atoms with E-state index in [0.29, 0.717) is 4.99 Å². The fourth-order valence-electron chi connectivity index (χ4n) is 1.95. The Bertz CT molecular complexity index is 567. The summed E-state index contributed by atoms with van der Waals surface area (Å²) in [6, 6.07) is 10.1. The molecule has 0 aliphatic carbocycles. The Morgan fingerprint density at radius 3 is 2.84 bits per heavy atom. The molecule has 0 aliphatic rings. The van der Waals surface area contributed by atoms with Crippen LogP contribution in [0.2, 0.25) is 0 Å². The highest BCUT2D eigenvalue weighted by Gasteiger charge is 2.02. The second kappa shape index (κ2) is 6.29. The predicted octanol–water partition coefficient (Wildman–Crippen LogP) is 2.68. The molecular weight excluding hydrogens is 254 g/mol. The van der Waals surface area contributed by atoms with E-state index in [1.165, 1.54) is 5.56 Å². The van der Waals surface area contributed by atoms with Crippen molar-refractivity contribution >= 4 is 22.9 Å². The van der Waals surface area contributed by atoms with E-state index in [4.69, 9.17) is 18.0 Å². The maximum Gasteiger partial charge on any atom is 0.104 e.